The molecule has 0 N–H and O–H groups in total. The Balaban J connectivity index is 1.48. The van der Waals surface area contributed by atoms with Crippen molar-refractivity contribution in [2.45, 2.75) is 19.3 Å². The molecule has 0 spiro atoms. The molecule has 0 unspecified atom stereocenters. The van der Waals surface area contributed by atoms with Gasteiger partial charge in [-0.3, -0.25) is 14.4 Å². The zero-order valence-corrected chi connectivity index (χ0v) is 20.2. The van der Waals surface area contributed by atoms with E-state index < -0.39 is 0 Å². The summed E-state index contributed by atoms with van der Waals surface area (Å²) in [5.41, 5.74) is 9.53. The number of pyridine rings is 3. The molecule has 3 aromatic carbocycles. The van der Waals surface area contributed by atoms with Crippen LogP contribution in [0.15, 0.2) is 109 Å². The van der Waals surface area contributed by atoms with E-state index in [-0.39, 0.29) is 5.41 Å². The average Bonchev–Trinajstić information content (AvgIpc) is 3.34. The van der Waals surface area contributed by atoms with Gasteiger partial charge in [-0.1, -0.05) is 56.3 Å². The second-order valence-corrected chi connectivity index (χ2v) is 9.81. The van der Waals surface area contributed by atoms with E-state index in [2.05, 4.69) is 96.0 Å². The van der Waals surface area contributed by atoms with Crippen molar-refractivity contribution in [1.29, 1.82) is 0 Å². The first-order valence-electron chi connectivity index (χ1n) is 12.2. The van der Waals surface area contributed by atoms with Crippen LogP contribution in [0.5, 0.6) is 0 Å². The van der Waals surface area contributed by atoms with Crippen molar-refractivity contribution in [3.05, 3.63) is 121 Å². The van der Waals surface area contributed by atoms with Crippen LogP contribution < -0.4 is 0 Å². The van der Waals surface area contributed by atoms with Crippen LogP contribution in [0.25, 0.3) is 49.7 Å². The number of rotatable bonds is 3. The highest BCUT2D eigenvalue weighted by molar-refractivity contribution is 6.12. The Bertz CT molecular complexity index is 1920. The van der Waals surface area contributed by atoms with Crippen LogP contribution in [0.3, 0.4) is 0 Å². The lowest BCUT2D eigenvalue weighted by Crippen LogP contribution is -2.19. The zero-order chi connectivity index (χ0) is 24.3. The Hall–Kier alpha value is -4.57. The molecule has 0 bridgehead atoms. The summed E-state index contributed by atoms with van der Waals surface area (Å²) in [6, 6.07) is 34.0. The van der Waals surface area contributed by atoms with E-state index in [1.807, 2.05) is 36.7 Å². The Morgan fingerprint density at radius 1 is 0.639 bits per heavy atom. The molecule has 4 nitrogen and oxygen atoms in total. The van der Waals surface area contributed by atoms with Gasteiger partial charge in [-0.05, 0) is 65.7 Å². The summed E-state index contributed by atoms with van der Waals surface area (Å²) >= 11 is 0. The smallest absolute Gasteiger partial charge is 0.147 e. The van der Waals surface area contributed by atoms with Crippen molar-refractivity contribution in [3.63, 3.8) is 0 Å². The molecule has 0 aliphatic rings. The third-order valence-electron chi connectivity index (χ3n) is 7.37. The summed E-state index contributed by atoms with van der Waals surface area (Å²) < 4.78 is 2.27. The molecule has 172 valence electrons. The molecule has 0 amide bonds. The van der Waals surface area contributed by atoms with Crippen molar-refractivity contribution in [3.8, 4) is 11.3 Å². The lowest BCUT2D eigenvalue weighted by molar-refractivity contribution is 0.642. The molecule has 0 aliphatic carbocycles. The van der Waals surface area contributed by atoms with E-state index in [0.717, 1.165) is 49.7 Å². The molecule has 7 rings (SSSR count). The van der Waals surface area contributed by atoms with E-state index in [4.69, 9.17) is 9.97 Å². The number of hydrogen-bond acceptors (Lipinski definition) is 3. The molecule has 0 fully saturated rings. The molecule has 4 aromatic heterocycles. The highest BCUT2D eigenvalue weighted by Crippen LogP contribution is 2.37. The SMILES string of the molecule is CC(C)(c1cccc(-c2ccccn2)c1)c1ccc2c(c1)c1ncccc1c1nc3ccccc3n21. The predicted molar refractivity (Wildman–Crippen MR) is 147 cm³/mol. The van der Waals surface area contributed by atoms with Crippen molar-refractivity contribution in [2.75, 3.05) is 0 Å². The Labute approximate surface area is 208 Å². The molecule has 0 aliphatic heterocycles. The Morgan fingerprint density at radius 2 is 1.47 bits per heavy atom. The number of para-hydroxylation sites is 2. The highest BCUT2D eigenvalue weighted by atomic mass is 15.0. The van der Waals surface area contributed by atoms with E-state index in [1.165, 1.54) is 11.1 Å². The Morgan fingerprint density at radius 3 is 2.36 bits per heavy atom. The van der Waals surface area contributed by atoms with Crippen LogP contribution >= 0.6 is 0 Å². The van der Waals surface area contributed by atoms with E-state index in [1.54, 1.807) is 0 Å². The first kappa shape index (κ1) is 20.8. The molecular weight excluding hydrogens is 440 g/mol. The molecule has 7 aromatic rings. The van der Waals surface area contributed by atoms with Gasteiger partial charge in [0.2, 0.25) is 0 Å². The maximum atomic E-state index is 4.97. The second kappa shape index (κ2) is 7.72. The molecule has 36 heavy (non-hydrogen) atoms. The molecular formula is C32H24N4. The van der Waals surface area contributed by atoms with Gasteiger partial charge in [0, 0.05) is 34.1 Å². The molecule has 0 radical (unpaired) electrons. The third-order valence-corrected chi connectivity index (χ3v) is 7.37. The first-order chi connectivity index (χ1) is 17.6. The highest BCUT2D eigenvalue weighted by Gasteiger charge is 2.25. The van der Waals surface area contributed by atoms with Crippen molar-refractivity contribution >= 4 is 38.5 Å². The standard InChI is InChI=1S/C32H24N4/c1-32(2,22-10-7-9-21(19-22)26-12-5-6-17-33-26)23-15-16-28-25(20-23)30-24(11-8-18-34-30)31-35-27-13-3-4-14-29(27)36(28)31/h3-20H,1-2H3. The van der Waals surface area contributed by atoms with Crippen LogP contribution in [0, 0.1) is 0 Å². The first-order valence-corrected chi connectivity index (χ1v) is 12.2. The van der Waals surface area contributed by atoms with E-state index in [9.17, 15) is 0 Å². The van der Waals surface area contributed by atoms with Crippen LogP contribution in [-0.4, -0.2) is 19.4 Å². The summed E-state index contributed by atoms with van der Waals surface area (Å²) in [5, 5.41) is 2.20. The normalized spacial score (nSPS) is 12.2. The summed E-state index contributed by atoms with van der Waals surface area (Å²) in [4.78, 5) is 14.3. The third kappa shape index (κ3) is 3.04. The minimum atomic E-state index is -0.216. The molecule has 4 heterocycles. The van der Waals surface area contributed by atoms with Crippen LogP contribution in [0.1, 0.15) is 25.0 Å². The fourth-order valence-corrected chi connectivity index (χ4v) is 5.33. The minimum Gasteiger partial charge on any atom is -0.292 e. The molecule has 0 saturated heterocycles. The molecule has 0 atom stereocenters. The van der Waals surface area contributed by atoms with Crippen LogP contribution in [0.2, 0.25) is 0 Å². The minimum absolute atomic E-state index is 0.216. The predicted octanol–water partition coefficient (Wildman–Crippen LogP) is 7.58. The van der Waals surface area contributed by atoms with Crippen LogP contribution in [-0.2, 0) is 5.41 Å². The van der Waals surface area contributed by atoms with Gasteiger partial charge in [0.25, 0.3) is 0 Å². The van der Waals surface area contributed by atoms with Crippen LogP contribution in [0.4, 0.5) is 0 Å². The number of hydrogen-bond donors (Lipinski definition) is 0. The number of imidazole rings is 1. The second-order valence-electron chi connectivity index (χ2n) is 9.81. The quantitative estimate of drug-likeness (QED) is 0.253. The fourth-order valence-electron chi connectivity index (χ4n) is 5.33. The van der Waals surface area contributed by atoms with Gasteiger partial charge in [-0.2, -0.15) is 0 Å². The number of aromatic nitrogens is 4. The maximum Gasteiger partial charge on any atom is 0.147 e. The topological polar surface area (TPSA) is 43.1 Å². The van der Waals surface area contributed by atoms with Gasteiger partial charge in [-0.15, -0.1) is 0 Å². The monoisotopic (exact) mass is 464 g/mol. The van der Waals surface area contributed by atoms with Gasteiger partial charge in [-0.25, -0.2) is 4.98 Å². The summed E-state index contributed by atoms with van der Waals surface area (Å²) in [6.07, 6.45) is 3.71. The van der Waals surface area contributed by atoms with Gasteiger partial charge in [0.1, 0.15) is 5.65 Å². The molecule has 0 saturated carbocycles. The molecule has 4 heteroatoms. The number of fused-ring (bicyclic) bond motifs is 8. The van der Waals surface area contributed by atoms with E-state index in [0.29, 0.717) is 0 Å². The summed E-state index contributed by atoms with van der Waals surface area (Å²) in [7, 11) is 0. The maximum absolute atomic E-state index is 4.97. The van der Waals surface area contributed by atoms with Crippen molar-refractivity contribution < 1.29 is 0 Å². The van der Waals surface area contributed by atoms with Gasteiger partial charge < -0.3 is 0 Å². The van der Waals surface area contributed by atoms with Crippen molar-refractivity contribution in [2.24, 2.45) is 0 Å². The fraction of sp³-hybridized carbons (Fsp3) is 0.0938. The zero-order valence-electron chi connectivity index (χ0n) is 20.2. The lowest BCUT2D eigenvalue weighted by atomic mass is 9.77. The summed E-state index contributed by atoms with van der Waals surface area (Å²) in [5.74, 6) is 0. The Kier molecular flexibility index (Phi) is 4.45. The number of benzene rings is 3. The van der Waals surface area contributed by atoms with Crippen molar-refractivity contribution in [1.82, 2.24) is 19.4 Å². The van der Waals surface area contributed by atoms with Gasteiger partial charge >= 0.3 is 0 Å². The van der Waals surface area contributed by atoms with Gasteiger partial charge in [0.05, 0.1) is 27.8 Å². The summed E-state index contributed by atoms with van der Waals surface area (Å²) in [6.45, 7) is 4.57. The average molecular weight is 465 g/mol. The van der Waals surface area contributed by atoms with E-state index >= 15 is 0 Å². The lowest BCUT2D eigenvalue weighted by Gasteiger charge is -2.27. The largest absolute Gasteiger partial charge is 0.292 e. The number of nitrogens with zero attached hydrogens (tertiary/aromatic N) is 4. The van der Waals surface area contributed by atoms with Gasteiger partial charge in [0.15, 0.2) is 0 Å².